The Labute approximate surface area is 133 Å². The maximum atomic E-state index is 12.5. The van der Waals surface area contributed by atoms with Gasteiger partial charge in [-0.1, -0.05) is 13.8 Å². The van der Waals surface area contributed by atoms with Gasteiger partial charge in [0.15, 0.2) is 0 Å². The number of nitrogens with one attached hydrogen (secondary N) is 1. The Kier molecular flexibility index (Phi) is 5.70. The zero-order valence-electron chi connectivity index (χ0n) is 13.5. The third-order valence-corrected chi connectivity index (χ3v) is 5.16. The fourth-order valence-corrected chi connectivity index (χ4v) is 3.22. The van der Waals surface area contributed by atoms with Gasteiger partial charge in [0.2, 0.25) is 5.91 Å². The molecule has 5 nitrogen and oxygen atoms in total. The van der Waals surface area contributed by atoms with Crippen LogP contribution in [0, 0.1) is 5.41 Å². The lowest BCUT2D eigenvalue weighted by Gasteiger charge is -2.57. The highest BCUT2D eigenvalue weighted by atomic mass is 35.5. The van der Waals surface area contributed by atoms with E-state index in [-0.39, 0.29) is 35.4 Å². The van der Waals surface area contributed by atoms with Crippen molar-refractivity contribution in [1.82, 2.24) is 5.32 Å². The van der Waals surface area contributed by atoms with Crippen LogP contribution in [0.1, 0.15) is 47.0 Å². The first-order valence-corrected chi connectivity index (χ1v) is 7.58. The molecule has 2 fully saturated rings. The fourth-order valence-electron chi connectivity index (χ4n) is 3.22. The Morgan fingerprint density at radius 3 is 2.57 bits per heavy atom. The Balaban J connectivity index is 0.00000220. The Bertz CT molecular complexity index is 383. The molecule has 2 aliphatic rings. The largest absolute Gasteiger partial charge is 0.378 e. The van der Waals surface area contributed by atoms with E-state index in [2.05, 4.69) is 5.32 Å². The molecule has 1 saturated carbocycles. The summed E-state index contributed by atoms with van der Waals surface area (Å²) in [7, 11) is 0. The lowest BCUT2D eigenvalue weighted by Crippen LogP contribution is -2.76. The van der Waals surface area contributed by atoms with E-state index in [1.807, 2.05) is 27.7 Å². The van der Waals surface area contributed by atoms with Gasteiger partial charge in [-0.25, -0.2) is 0 Å². The zero-order valence-corrected chi connectivity index (χ0v) is 14.3. The van der Waals surface area contributed by atoms with Crippen LogP contribution in [0.5, 0.6) is 0 Å². The number of carbonyl (C=O) groups is 1. The van der Waals surface area contributed by atoms with Crippen LogP contribution in [0.2, 0.25) is 0 Å². The van der Waals surface area contributed by atoms with Crippen molar-refractivity contribution in [2.24, 2.45) is 11.1 Å². The lowest BCUT2D eigenvalue weighted by molar-refractivity contribution is -0.171. The second-order valence-corrected chi connectivity index (χ2v) is 6.93. The summed E-state index contributed by atoms with van der Waals surface area (Å²) in [6.07, 6.45) is 2.67. The van der Waals surface area contributed by atoms with Crippen LogP contribution in [-0.4, -0.2) is 42.9 Å². The van der Waals surface area contributed by atoms with E-state index in [1.54, 1.807) is 0 Å². The van der Waals surface area contributed by atoms with Crippen LogP contribution in [0.3, 0.4) is 0 Å². The summed E-state index contributed by atoms with van der Waals surface area (Å²) >= 11 is 0. The minimum atomic E-state index is -0.845. The molecule has 1 amide bonds. The molecule has 3 atom stereocenters. The van der Waals surface area contributed by atoms with Crippen LogP contribution in [0.25, 0.3) is 0 Å². The van der Waals surface area contributed by atoms with Crippen LogP contribution in [0.4, 0.5) is 0 Å². The second-order valence-electron chi connectivity index (χ2n) is 6.93. The molecule has 2 rings (SSSR count). The van der Waals surface area contributed by atoms with E-state index in [0.29, 0.717) is 19.6 Å². The SMILES string of the molecule is CCOC1CC(N)(C(=O)NCC2(C)CCCO2)C1(C)C.Cl. The van der Waals surface area contributed by atoms with Gasteiger partial charge < -0.3 is 20.5 Å². The molecule has 3 N–H and O–H groups in total. The number of amides is 1. The molecule has 0 radical (unpaired) electrons. The van der Waals surface area contributed by atoms with Crippen LogP contribution < -0.4 is 11.1 Å². The topological polar surface area (TPSA) is 73.6 Å². The fraction of sp³-hybridized carbons (Fsp3) is 0.933. The Morgan fingerprint density at radius 1 is 1.43 bits per heavy atom. The van der Waals surface area contributed by atoms with E-state index in [0.717, 1.165) is 19.4 Å². The molecule has 0 aromatic rings. The normalized spacial score (nSPS) is 37.5. The molecule has 124 valence electrons. The first kappa shape index (κ1) is 18.7. The van der Waals surface area contributed by atoms with E-state index in [4.69, 9.17) is 15.2 Å². The third-order valence-electron chi connectivity index (χ3n) is 5.16. The number of halogens is 1. The minimum Gasteiger partial charge on any atom is -0.378 e. The first-order chi connectivity index (χ1) is 9.25. The highest BCUT2D eigenvalue weighted by Gasteiger charge is 2.62. The number of hydrogen-bond acceptors (Lipinski definition) is 4. The average molecular weight is 321 g/mol. The quantitative estimate of drug-likeness (QED) is 0.807. The highest BCUT2D eigenvalue weighted by Crippen LogP contribution is 2.49. The summed E-state index contributed by atoms with van der Waals surface area (Å²) in [6.45, 7) is 9.97. The van der Waals surface area contributed by atoms with Gasteiger partial charge in [-0.3, -0.25) is 4.79 Å². The molecule has 3 unspecified atom stereocenters. The van der Waals surface area contributed by atoms with E-state index in [1.165, 1.54) is 0 Å². The molecule has 0 bridgehead atoms. The first-order valence-electron chi connectivity index (χ1n) is 7.58. The maximum absolute atomic E-state index is 12.5. The van der Waals surface area contributed by atoms with Gasteiger partial charge in [0.05, 0.1) is 11.7 Å². The minimum absolute atomic E-state index is 0. The second kappa shape index (κ2) is 6.41. The molecular formula is C15H29ClN2O3. The number of rotatable bonds is 5. The van der Waals surface area contributed by atoms with Gasteiger partial charge >= 0.3 is 0 Å². The summed E-state index contributed by atoms with van der Waals surface area (Å²) in [5.41, 5.74) is 4.91. The van der Waals surface area contributed by atoms with Crippen molar-refractivity contribution >= 4 is 18.3 Å². The van der Waals surface area contributed by atoms with E-state index >= 15 is 0 Å². The molecule has 21 heavy (non-hydrogen) atoms. The van der Waals surface area contributed by atoms with Crippen LogP contribution in [-0.2, 0) is 14.3 Å². The molecule has 0 spiro atoms. The highest BCUT2D eigenvalue weighted by molar-refractivity contribution is 5.88. The maximum Gasteiger partial charge on any atom is 0.240 e. The molecule has 1 aliphatic heterocycles. The van der Waals surface area contributed by atoms with Crippen molar-refractivity contribution in [2.75, 3.05) is 19.8 Å². The van der Waals surface area contributed by atoms with Gasteiger partial charge in [-0.05, 0) is 26.7 Å². The standard InChI is InChI=1S/C15H28N2O3.ClH/c1-5-19-11-9-15(16,13(11,2)3)12(18)17-10-14(4)7-6-8-20-14;/h11H,5-10,16H2,1-4H3,(H,17,18);1H. The van der Waals surface area contributed by atoms with Crippen molar-refractivity contribution in [1.29, 1.82) is 0 Å². The van der Waals surface area contributed by atoms with Crippen molar-refractivity contribution in [3.05, 3.63) is 0 Å². The predicted molar refractivity (Wildman–Crippen MR) is 84.6 cm³/mol. The molecule has 6 heteroatoms. The third kappa shape index (κ3) is 3.21. The molecule has 1 aliphatic carbocycles. The smallest absolute Gasteiger partial charge is 0.240 e. The molecule has 0 aromatic carbocycles. The molecule has 1 saturated heterocycles. The van der Waals surface area contributed by atoms with Crippen LogP contribution in [0.15, 0.2) is 0 Å². The predicted octanol–water partition coefficient (Wildman–Crippen LogP) is 1.63. The van der Waals surface area contributed by atoms with Crippen molar-refractivity contribution in [3.8, 4) is 0 Å². The van der Waals surface area contributed by atoms with Crippen molar-refractivity contribution in [3.63, 3.8) is 0 Å². The Morgan fingerprint density at radius 2 is 2.10 bits per heavy atom. The summed E-state index contributed by atoms with van der Waals surface area (Å²) in [5.74, 6) is -0.0878. The van der Waals surface area contributed by atoms with Gasteiger partial charge in [-0.15, -0.1) is 12.4 Å². The monoisotopic (exact) mass is 320 g/mol. The summed E-state index contributed by atoms with van der Waals surface area (Å²) in [5, 5.41) is 2.98. The van der Waals surface area contributed by atoms with Crippen molar-refractivity contribution in [2.45, 2.75) is 64.2 Å². The van der Waals surface area contributed by atoms with E-state index in [9.17, 15) is 4.79 Å². The number of hydrogen-bond donors (Lipinski definition) is 2. The van der Waals surface area contributed by atoms with Gasteiger partial charge in [-0.2, -0.15) is 0 Å². The molecule has 0 aromatic heterocycles. The van der Waals surface area contributed by atoms with Gasteiger partial charge in [0.25, 0.3) is 0 Å². The Hall–Kier alpha value is -0.360. The number of ether oxygens (including phenoxy) is 2. The summed E-state index contributed by atoms with van der Waals surface area (Å²) in [4.78, 5) is 12.5. The van der Waals surface area contributed by atoms with Gasteiger partial charge in [0, 0.05) is 31.6 Å². The van der Waals surface area contributed by atoms with E-state index < -0.39 is 5.54 Å². The summed E-state index contributed by atoms with van der Waals surface area (Å²) < 4.78 is 11.3. The molecule has 1 heterocycles. The lowest BCUT2D eigenvalue weighted by atomic mass is 9.54. The zero-order chi connectivity index (χ0) is 15.0. The van der Waals surface area contributed by atoms with Crippen LogP contribution >= 0.6 is 12.4 Å². The number of nitrogens with two attached hydrogens (primary N) is 1. The average Bonchev–Trinajstić information content (AvgIpc) is 2.83. The van der Waals surface area contributed by atoms with Gasteiger partial charge in [0.1, 0.15) is 5.54 Å². The number of carbonyl (C=O) groups excluding carboxylic acids is 1. The van der Waals surface area contributed by atoms with Crippen molar-refractivity contribution < 1.29 is 14.3 Å². The molecular weight excluding hydrogens is 292 g/mol. The summed E-state index contributed by atoms with van der Waals surface area (Å²) in [6, 6.07) is 0.